The first-order valence-corrected chi connectivity index (χ1v) is 12.2. The van der Waals surface area contributed by atoms with Gasteiger partial charge in [0.15, 0.2) is 4.90 Å². The molecule has 0 saturated heterocycles. The summed E-state index contributed by atoms with van der Waals surface area (Å²) in [5, 5.41) is 10.3. The van der Waals surface area contributed by atoms with Gasteiger partial charge in [0.25, 0.3) is 0 Å². The average molecular weight is 452 g/mol. The van der Waals surface area contributed by atoms with E-state index in [1.54, 1.807) is 38.4 Å². The van der Waals surface area contributed by atoms with Crippen molar-refractivity contribution in [1.82, 2.24) is 9.97 Å². The van der Waals surface area contributed by atoms with Crippen LogP contribution >= 0.6 is 0 Å². The Hall–Kier alpha value is -2.48. The molecule has 1 aliphatic carbocycles. The molecule has 2 heterocycles. The first-order valence-electron chi connectivity index (χ1n) is 10.9. The van der Waals surface area contributed by atoms with Gasteiger partial charge >= 0.3 is 0 Å². The van der Waals surface area contributed by atoms with Crippen molar-refractivity contribution in [1.29, 1.82) is 0 Å². The molecule has 7 heteroatoms. The average Bonchev–Trinajstić information content (AvgIpc) is 3.49. The number of anilines is 2. The number of aromatic nitrogens is 2. The maximum absolute atomic E-state index is 14.5. The summed E-state index contributed by atoms with van der Waals surface area (Å²) < 4.78 is 26.9. The summed E-state index contributed by atoms with van der Waals surface area (Å²) in [7, 11) is 0. The number of benzene rings is 2. The normalized spacial score (nSPS) is 17.5. The maximum Gasteiger partial charge on any atom is 0.229 e. The van der Waals surface area contributed by atoms with Gasteiger partial charge in [0.2, 0.25) is 5.95 Å². The number of halogens is 1. The van der Waals surface area contributed by atoms with Crippen LogP contribution in [0.5, 0.6) is 0 Å². The minimum atomic E-state index is -1.07. The SMILES string of the molecule is CC[S+]([O-])c1ccc2c(c1)N(c1ncc(-c3cc(C(C)(C)O)ccc3F)cn1)CC21CC1. The molecule has 1 fully saturated rings. The second-order valence-electron chi connectivity index (χ2n) is 9.21. The smallest absolute Gasteiger partial charge is 0.229 e. The Balaban J connectivity index is 1.50. The lowest BCUT2D eigenvalue weighted by Crippen LogP contribution is -2.21. The quantitative estimate of drug-likeness (QED) is 0.563. The lowest BCUT2D eigenvalue weighted by molar-refractivity contribution is 0.0786. The number of hydrogen-bond donors (Lipinski definition) is 1. The van der Waals surface area contributed by atoms with Gasteiger partial charge in [-0.2, -0.15) is 0 Å². The minimum Gasteiger partial charge on any atom is -0.611 e. The van der Waals surface area contributed by atoms with Crippen molar-refractivity contribution >= 4 is 22.8 Å². The van der Waals surface area contributed by atoms with Gasteiger partial charge in [-0.1, -0.05) is 12.1 Å². The first kappa shape index (κ1) is 21.4. The summed E-state index contributed by atoms with van der Waals surface area (Å²) in [6.45, 7) is 6.05. The molecule has 2 aromatic carbocycles. The van der Waals surface area contributed by atoms with E-state index in [0.29, 0.717) is 28.4 Å². The largest absolute Gasteiger partial charge is 0.611 e. The van der Waals surface area contributed by atoms with E-state index in [9.17, 15) is 14.0 Å². The highest BCUT2D eigenvalue weighted by molar-refractivity contribution is 7.91. The van der Waals surface area contributed by atoms with Crippen molar-refractivity contribution in [3.05, 3.63) is 65.7 Å². The van der Waals surface area contributed by atoms with Crippen LogP contribution in [0.25, 0.3) is 11.1 Å². The molecule has 0 amide bonds. The third kappa shape index (κ3) is 3.58. The molecular weight excluding hydrogens is 425 g/mol. The van der Waals surface area contributed by atoms with Crippen molar-refractivity contribution in [2.24, 2.45) is 0 Å². The molecule has 0 radical (unpaired) electrons. The monoisotopic (exact) mass is 451 g/mol. The van der Waals surface area contributed by atoms with Gasteiger partial charge in [0.1, 0.15) is 11.6 Å². The standard InChI is InChI=1S/C25H26FN3O2S/c1-4-32(31)18-6-7-20-22(12-18)29(15-25(20)9-10-25)23-27-13-16(14-28-23)19-11-17(24(2,3)30)5-8-21(19)26/h5-8,11-14,30H,4,9-10,15H2,1-3H3. The van der Waals surface area contributed by atoms with Crippen LogP contribution in [0.15, 0.2) is 53.7 Å². The summed E-state index contributed by atoms with van der Waals surface area (Å²) in [4.78, 5) is 12.0. The van der Waals surface area contributed by atoms with Crippen LogP contribution in [0, 0.1) is 5.82 Å². The van der Waals surface area contributed by atoms with Gasteiger partial charge in [0.05, 0.1) is 11.3 Å². The molecule has 0 bridgehead atoms. The Bertz CT molecular complexity index is 1170. The lowest BCUT2D eigenvalue weighted by atomic mass is 9.95. The molecule has 166 valence electrons. The fourth-order valence-electron chi connectivity index (χ4n) is 4.45. The highest BCUT2D eigenvalue weighted by atomic mass is 32.2. The highest BCUT2D eigenvalue weighted by Crippen LogP contribution is 2.58. The van der Waals surface area contributed by atoms with Crippen molar-refractivity contribution < 1.29 is 14.0 Å². The molecule has 3 aromatic rings. The van der Waals surface area contributed by atoms with Crippen LogP contribution in [0.1, 0.15) is 44.7 Å². The molecule has 5 nitrogen and oxygen atoms in total. The molecule has 1 aromatic heterocycles. The topological polar surface area (TPSA) is 72.3 Å². The van der Waals surface area contributed by atoms with Gasteiger partial charge in [-0.05, 0) is 74.1 Å². The van der Waals surface area contributed by atoms with E-state index in [4.69, 9.17) is 0 Å². The summed E-state index contributed by atoms with van der Waals surface area (Å²) in [5.41, 5.74) is 2.89. The van der Waals surface area contributed by atoms with E-state index in [-0.39, 0.29) is 11.2 Å². The molecule has 32 heavy (non-hydrogen) atoms. The Kier molecular flexibility index (Phi) is 5.04. The van der Waals surface area contributed by atoms with Gasteiger partial charge in [-0.25, -0.2) is 14.4 Å². The van der Waals surface area contributed by atoms with E-state index < -0.39 is 16.8 Å². The molecule has 1 aliphatic heterocycles. The van der Waals surface area contributed by atoms with Gasteiger partial charge in [-0.3, -0.25) is 0 Å². The second-order valence-corrected chi connectivity index (χ2v) is 10.9. The number of nitrogens with zero attached hydrogens (tertiary/aromatic N) is 3. The van der Waals surface area contributed by atoms with E-state index in [1.165, 1.54) is 11.6 Å². The van der Waals surface area contributed by atoms with E-state index >= 15 is 0 Å². The molecular formula is C25H26FN3O2S. The van der Waals surface area contributed by atoms with Gasteiger partial charge in [-0.15, -0.1) is 0 Å². The van der Waals surface area contributed by atoms with Crippen molar-refractivity contribution in [2.45, 2.75) is 49.5 Å². The van der Waals surface area contributed by atoms with E-state index in [2.05, 4.69) is 20.9 Å². The lowest BCUT2D eigenvalue weighted by Gasteiger charge is -2.20. The van der Waals surface area contributed by atoms with E-state index in [1.807, 2.05) is 19.1 Å². The second kappa shape index (κ2) is 7.54. The predicted molar refractivity (Wildman–Crippen MR) is 124 cm³/mol. The summed E-state index contributed by atoms with van der Waals surface area (Å²) in [6.07, 6.45) is 5.50. The number of fused-ring (bicyclic) bond motifs is 2. The summed E-state index contributed by atoms with van der Waals surface area (Å²) in [5.74, 6) is 0.742. The maximum atomic E-state index is 14.5. The Morgan fingerprint density at radius 1 is 1.16 bits per heavy atom. The molecule has 1 atom stereocenters. The first-order chi connectivity index (χ1) is 15.2. The van der Waals surface area contributed by atoms with Crippen LogP contribution < -0.4 is 4.90 Å². The fourth-order valence-corrected chi connectivity index (χ4v) is 5.24. The van der Waals surface area contributed by atoms with E-state index in [0.717, 1.165) is 30.0 Å². The van der Waals surface area contributed by atoms with Crippen LogP contribution in [0.4, 0.5) is 16.0 Å². The molecule has 5 rings (SSSR count). The zero-order chi connectivity index (χ0) is 22.7. The number of rotatable bonds is 5. The third-order valence-electron chi connectivity index (χ3n) is 6.53. The molecule has 1 saturated carbocycles. The summed E-state index contributed by atoms with van der Waals surface area (Å²) in [6, 6.07) is 10.7. The molecule has 1 N–H and O–H groups in total. The number of hydrogen-bond acceptors (Lipinski definition) is 5. The minimum absolute atomic E-state index is 0.136. The third-order valence-corrected chi connectivity index (χ3v) is 7.84. The van der Waals surface area contributed by atoms with Crippen LogP contribution in [0.3, 0.4) is 0 Å². The fraction of sp³-hybridized carbons (Fsp3) is 0.360. The summed E-state index contributed by atoms with van der Waals surface area (Å²) >= 11 is -1.03. The molecule has 1 spiro atoms. The van der Waals surface area contributed by atoms with Crippen LogP contribution in [-0.4, -0.2) is 31.9 Å². The molecule has 1 unspecified atom stereocenters. The number of aliphatic hydroxyl groups is 1. The van der Waals surface area contributed by atoms with Crippen molar-refractivity contribution in [3.8, 4) is 11.1 Å². The Morgan fingerprint density at radius 3 is 2.50 bits per heavy atom. The predicted octanol–water partition coefficient (Wildman–Crippen LogP) is 4.82. The zero-order valence-electron chi connectivity index (χ0n) is 18.4. The highest BCUT2D eigenvalue weighted by Gasteiger charge is 2.52. The van der Waals surface area contributed by atoms with Crippen molar-refractivity contribution in [2.75, 3.05) is 17.2 Å². The zero-order valence-corrected chi connectivity index (χ0v) is 19.2. The Morgan fingerprint density at radius 2 is 1.88 bits per heavy atom. The van der Waals surface area contributed by atoms with Crippen LogP contribution in [-0.2, 0) is 22.2 Å². The van der Waals surface area contributed by atoms with Crippen molar-refractivity contribution in [3.63, 3.8) is 0 Å². The van der Waals surface area contributed by atoms with Gasteiger partial charge in [0, 0.05) is 41.5 Å². The molecule has 2 aliphatic rings. The van der Waals surface area contributed by atoms with Gasteiger partial charge < -0.3 is 14.6 Å². The van der Waals surface area contributed by atoms with Crippen LogP contribution in [0.2, 0.25) is 0 Å². The Labute approximate surface area is 190 Å².